The minimum absolute atomic E-state index is 0.0620. The predicted octanol–water partition coefficient (Wildman–Crippen LogP) is 4.91. The Morgan fingerprint density at radius 3 is 2.61 bits per heavy atom. The average molecular weight is 465 g/mol. The van der Waals surface area contributed by atoms with E-state index in [9.17, 15) is 9.59 Å². The van der Waals surface area contributed by atoms with Crippen molar-refractivity contribution < 1.29 is 14.7 Å². The van der Waals surface area contributed by atoms with Gasteiger partial charge in [-0.1, -0.05) is 29.8 Å². The summed E-state index contributed by atoms with van der Waals surface area (Å²) in [6.45, 7) is 1.69. The third-order valence-electron chi connectivity index (χ3n) is 6.68. The molecule has 0 radical (unpaired) electrons. The molecule has 1 fully saturated rings. The lowest BCUT2D eigenvalue weighted by Gasteiger charge is -2.39. The van der Waals surface area contributed by atoms with Crippen molar-refractivity contribution in [3.63, 3.8) is 0 Å². The summed E-state index contributed by atoms with van der Waals surface area (Å²) in [6, 6.07) is 15.1. The molecule has 0 saturated carbocycles. The van der Waals surface area contributed by atoms with E-state index in [4.69, 9.17) is 21.7 Å². The lowest BCUT2D eigenvalue weighted by atomic mass is 9.91. The van der Waals surface area contributed by atoms with E-state index < -0.39 is 5.97 Å². The fourth-order valence-corrected chi connectivity index (χ4v) is 5.16. The van der Waals surface area contributed by atoms with Gasteiger partial charge in [-0.05, 0) is 61.9 Å². The highest BCUT2D eigenvalue weighted by atomic mass is 35.5. The summed E-state index contributed by atoms with van der Waals surface area (Å²) in [4.78, 5) is 37.4. The second kappa shape index (κ2) is 9.08. The smallest absolute Gasteiger partial charge is 0.303 e. The van der Waals surface area contributed by atoms with Gasteiger partial charge in [0.15, 0.2) is 5.65 Å². The molecule has 0 spiro atoms. The largest absolute Gasteiger partial charge is 0.481 e. The molecule has 1 aromatic carbocycles. The number of aliphatic carboxylic acids is 1. The number of fused-ring (bicyclic) bond motifs is 2. The molecule has 8 heteroatoms. The lowest BCUT2D eigenvalue weighted by molar-refractivity contribution is -0.137. The summed E-state index contributed by atoms with van der Waals surface area (Å²) < 4.78 is 0. The van der Waals surface area contributed by atoms with Crippen LogP contribution in [0.4, 0.5) is 5.82 Å². The first-order valence-corrected chi connectivity index (χ1v) is 11.7. The number of anilines is 1. The van der Waals surface area contributed by atoms with Crippen molar-refractivity contribution in [2.75, 3.05) is 18.0 Å². The van der Waals surface area contributed by atoms with E-state index in [0.717, 1.165) is 43.3 Å². The molecule has 2 aromatic heterocycles. The van der Waals surface area contributed by atoms with Crippen LogP contribution >= 0.6 is 11.6 Å². The van der Waals surface area contributed by atoms with Gasteiger partial charge in [-0.3, -0.25) is 19.4 Å². The van der Waals surface area contributed by atoms with Gasteiger partial charge in [-0.25, -0.2) is 9.97 Å². The first-order chi connectivity index (χ1) is 16.0. The zero-order valence-electron chi connectivity index (χ0n) is 18.2. The number of carbonyl (C=O) groups is 2. The third kappa shape index (κ3) is 4.30. The molecule has 1 unspecified atom stereocenters. The number of benzene rings is 1. The number of halogens is 1. The summed E-state index contributed by atoms with van der Waals surface area (Å²) in [6.07, 6.45) is 3.63. The Hall–Kier alpha value is -3.03. The van der Waals surface area contributed by atoms with Crippen molar-refractivity contribution in [3.05, 3.63) is 64.8 Å². The molecule has 7 nitrogen and oxygen atoms in total. The van der Waals surface area contributed by atoms with E-state index in [-0.39, 0.29) is 18.5 Å². The number of carbonyl (C=O) groups excluding carboxylic acids is 1. The molecular weight excluding hydrogens is 440 g/mol. The molecule has 1 saturated heterocycles. The normalized spacial score (nSPS) is 19.2. The number of hydrogen-bond donors (Lipinski definition) is 1. The van der Waals surface area contributed by atoms with E-state index in [0.29, 0.717) is 34.5 Å². The van der Waals surface area contributed by atoms with Crippen LogP contribution in [-0.2, 0) is 4.79 Å². The molecule has 0 bridgehead atoms. The molecule has 4 heterocycles. The number of aromatic nitrogens is 2. The SMILES string of the molecule is O=C(O)CCCC1CCN(C2c3ccccc3C(=O)N2c2ccc3ccc(Cl)nc3n2)CC1. The highest BCUT2D eigenvalue weighted by Crippen LogP contribution is 2.41. The number of hydrogen-bond acceptors (Lipinski definition) is 5. The summed E-state index contributed by atoms with van der Waals surface area (Å²) >= 11 is 6.08. The Balaban J connectivity index is 1.42. The first kappa shape index (κ1) is 21.8. The van der Waals surface area contributed by atoms with E-state index in [1.807, 2.05) is 42.5 Å². The van der Waals surface area contributed by atoms with Crippen LogP contribution < -0.4 is 4.90 Å². The second-order valence-electron chi connectivity index (χ2n) is 8.75. The first-order valence-electron chi connectivity index (χ1n) is 11.3. The van der Waals surface area contributed by atoms with E-state index in [1.165, 1.54) is 0 Å². The average Bonchev–Trinajstić information content (AvgIpc) is 3.11. The van der Waals surface area contributed by atoms with Gasteiger partial charge >= 0.3 is 5.97 Å². The van der Waals surface area contributed by atoms with Crippen LogP contribution in [0, 0.1) is 5.92 Å². The number of carboxylic acids is 1. The van der Waals surface area contributed by atoms with Crippen molar-refractivity contribution in [3.8, 4) is 0 Å². The van der Waals surface area contributed by atoms with Crippen LogP contribution in [0.15, 0.2) is 48.5 Å². The quantitative estimate of drug-likeness (QED) is 0.521. The van der Waals surface area contributed by atoms with Gasteiger partial charge < -0.3 is 5.11 Å². The van der Waals surface area contributed by atoms with E-state index in [1.54, 1.807) is 11.0 Å². The van der Waals surface area contributed by atoms with Crippen molar-refractivity contribution in [1.82, 2.24) is 14.9 Å². The lowest BCUT2D eigenvalue weighted by Crippen LogP contribution is -2.44. The molecule has 3 aromatic rings. The van der Waals surface area contributed by atoms with Crippen LogP contribution in [0.25, 0.3) is 11.0 Å². The maximum atomic E-state index is 13.5. The van der Waals surface area contributed by atoms with Crippen molar-refractivity contribution in [1.29, 1.82) is 0 Å². The Bertz CT molecular complexity index is 1210. The highest BCUT2D eigenvalue weighted by Gasteiger charge is 2.42. The number of nitrogens with zero attached hydrogens (tertiary/aromatic N) is 4. The van der Waals surface area contributed by atoms with Gasteiger partial charge in [0.05, 0.1) is 0 Å². The Kier molecular flexibility index (Phi) is 6.00. The number of rotatable bonds is 6. The minimum atomic E-state index is -0.734. The molecule has 5 rings (SSSR count). The topological polar surface area (TPSA) is 86.6 Å². The van der Waals surface area contributed by atoms with Crippen molar-refractivity contribution >= 4 is 40.3 Å². The number of carboxylic acid groups (broad SMARTS) is 1. The number of likely N-dealkylation sites (tertiary alicyclic amines) is 1. The molecule has 2 aliphatic rings. The molecule has 33 heavy (non-hydrogen) atoms. The zero-order chi connectivity index (χ0) is 22.9. The van der Waals surface area contributed by atoms with E-state index >= 15 is 0 Å². The summed E-state index contributed by atoms with van der Waals surface area (Å²) in [5.41, 5.74) is 2.21. The van der Waals surface area contributed by atoms with Crippen LogP contribution in [0.3, 0.4) is 0 Å². The fraction of sp³-hybridized carbons (Fsp3) is 0.360. The highest BCUT2D eigenvalue weighted by molar-refractivity contribution is 6.29. The van der Waals surface area contributed by atoms with Crippen LogP contribution in [0.2, 0.25) is 5.15 Å². The van der Waals surface area contributed by atoms with Crippen LogP contribution in [0.5, 0.6) is 0 Å². The van der Waals surface area contributed by atoms with Gasteiger partial charge in [0.1, 0.15) is 17.1 Å². The fourth-order valence-electron chi connectivity index (χ4n) is 5.01. The van der Waals surface area contributed by atoms with Gasteiger partial charge in [-0.15, -0.1) is 0 Å². The monoisotopic (exact) mass is 464 g/mol. The Labute approximate surface area is 197 Å². The number of pyridine rings is 2. The van der Waals surface area contributed by atoms with Crippen LogP contribution in [0.1, 0.15) is 54.2 Å². The van der Waals surface area contributed by atoms with Crippen molar-refractivity contribution in [2.45, 2.75) is 38.3 Å². The number of amides is 1. The van der Waals surface area contributed by atoms with Crippen molar-refractivity contribution in [2.24, 2.45) is 5.92 Å². The summed E-state index contributed by atoms with van der Waals surface area (Å²) in [5.74, 6) is 0.287. The molecule has 0 aliphatic carbocycles. The van der Waals surface area contributed by atoms with Gasteiger partial charge in [-0.2, -0.15) is 0 Å². The maximum absolute atomic E-state index is 13.5. The molecular formula is C25H25ClN4O3. The van der Waals surface area contributed by atoms with E-state index in [2.05, 4.69) is 9.88 Å². The standard InChI is InChI=1S/C25H25ClN4O3/c26-20-10-8-17-9-11-21(28-23(17)27-20)30-24(18-5-1-2-6-19(18)25(30)33)29-14-12-16(13-15-29)4-3-7-22(31)32/h1-2,5-6,8-11,16,24H,3-4,7,12-15H2,(H,31,32). The van der Waals surface area contributed by atoms with Gasteiger partial charge in [0.2, 0.25) is 0 Å². The molecule has 1 atom stereocenters. The molecule has 2 aliphatic heterocycles. The Morgan fingerprint density at radius 2 is 1.82 bits per heavy atom. The van der Waals surface area contributed by atoms with Gasteiger partial charge in [0, 0.05) is 36.0 Å². The van der Waals surface area contributed by atoms with Crippen LogP contribution in [-0.4, -0.2) is 44.9 Å². The summed E-state index contributed by atoms with van der Waals surface area (Å²) in [7, 11) is 0. The molecule has 1 N–H and O–H groups in total. The van der Waals surface area contributed by atoms with Gasteiger partial charge in [0.25, 0.3) is 5.91 Å². The predicted molar refractivity (Wildman–Crippen MR) is 126 cm³/mol. The third-order valence-corrected chi connectivity index (χ3v) is 6.89. The number of piperidine rings is 1. The Morgan fingerprint density at radius 1 is 1.06 bits per heavy atom. The molecule has 1 amide bonds. The second-order valence-corrected chi connectivity index (χ2v) is 9.14. The maximum Gasteiger partial charge on any atom is 0.303 e. The minimum Gasteiger partial charge on any atom is -0.481 e. The zero-order valence-corrected chi connectivity index (χ0v) is 18.9. The summed E-state index contributed by atoms with van der Waals surface area (Å²) in [5, 5.41) is 10.1. The molecule has 170 valence electrons.